The van der Waals surface area contributed by atoms with Gasteiger partial charge in [0.05, 0.1) is 19.6 Å². The Hall–Kier alpha value is -1.36. The highest BCUT2D eigenvalue weighted by atomic mass is 16.6. The summed E-state index contributed by atoms with van der Waals surface area (Å²) in [4.78, 5) is 24.6. The van der Waals surface area contributed by atoms with Crippen molar-refractivity contribution < 1.29 is 24.2 Å². The predicted octanol–water partition coefficient (Wildman–Crippen LogP) is 5.59. The summed E-state index contributed by atoms with van der Waals surface area (Å²) in [5.41, 5.74) is -0.610. The van der Waals surface area contributed by atoms with E-state index in [1.165, 1.54) is 25.7 Å². The van der Waals surface area contributed by atoms with Gasteiger partial charge in [-0.25, -0.2) is 4.79 Å². The van der Waals surface area contributed by atoms with E-state index in [1.54, 1.807) is 0 Å². The van der Waals surface area contributed by atoms with E-state index in [-0.39, 0.29) is 19.4 Å². The molecule has 0 spiro atoms. The van der Waals surface area contributed by atoms with Crippen LogP contribution in [0, 0.1) is 17.8 Å². The van der Waals surface area contributed by atoms with Crippen LogP contribution in [0.1, 0.15) is 98.8 Å². The average molecular weight is 425 g/mol. The maximum absolute atomic E-state index is 12.3. The van der Waals surface area contributed by atoms with Gasteiger partial charge in [0.15, 0.2) is 5.60 Å². The van der Waals surface area contributed by atoms with Gasteiger partial charge < -0.3 is 14.6 Å². The minimum atomic E-state index is -1.18. The van der Waals surface area contributed by atoms with Gasteiger partial charge in [0.1, 0.15) is 0 Å². The van der Waals surface area contributed by atoms with Crippen LogP contribution >= 0.6 is 0 Å². The molecule has 5 nitrogen and oxygen atoms in total. The number of aliphatic hydroxyl groups is 1. The lowest BCUT2D eigenvalue weighted by Crippen LogP contribution is -2.36. The number of allylic oxidation sites excluding steroid dienone is 1. The van der Waals surface area contributed by atoms with Gasteiger partial charge in [0, 0.05) is 12.0 Å². The van der Waals surface area contributed by atoms with Crippen molar-refractivity contribution in [2.45, 2.75) is 104 Å². The topological polar surface area (TPSA) is 72.8 Å². The first-order valence-corrected chi connectivity index (χ1v) is 11.9. The molecule has 0 aromatic heterocycles. The first kappa shape index (κ1) is 26.7. The third kappa shape index (κ3) is 9.20. The first-order valence-electron chi connectivity index (χ1n) is 11.9. The lowest BCUT2D eigenvalue weighted by molar-refractivity contribution is -0.160. The Labute approximate surface area is 183 Å². The second kappa shape index (κ2) is 13.8. The SMILES string of the molecule is CCCCCCCCCOC(=O)CC1(CO)C/C(=C/CC(C(C)C)C(C)C)C(=O)O1. The molecule has 0 aromatic carbocycles. The molecule has 174 valence electrons. The van der Waals surface area contributed by atoms with Gasteiger partial charge >= 0.3 is 11.9 Å². The van der Waals surface area contributed by atoms with Gasteiger partial charge in [0.25, 0.3) is 0 Å². The Kier molecular flexibility index (Phi) is 12.3. The fourth-order valence-electron chi connectivity index (χ4n) is 4.27. The van der Waals surface area contributed by atoms with Crippen LogP contribution in [0.3, 0.4) is 0 Å². The molecule has 5 heteroatoms. The summed E-state index contributed by atoms with van der Waals surface area (Å²) in [5, 5.41) is 9.86. The molecule has 0 aliphatic carbocycles. The summed E-state index contributed by atoms with van der Waals surface area (Å²) in [6, 6.07) is 0. The van der Waals surface area contributed by atoms with Gasteiger partial charge in [0.2, 0.25) is 0 Å². The molecule has 0 aromatic rings. The molecule has 0 radical (unpaired) electrons. The molecule has 1 atom stereocenters. The number of rotatable bonds is 15. The Morgan fingerprint density at radius 3 is 2.27 bits per heavy atom. The number of hydrogen-bond acceptors (Lipinski definition) is 5. The average Bonchev–Trinajstić information content (AvgIpc) is 2.99. The second-order valence-electron chi connectivity index (χ2n) is 9.54. The van der Waals surface area contributed by atoms with Crippen molar-refractivity contribution in [3.8, 4) is 0 Å². The Morgan fingerprint density at radius 2 is 1.70 bits per heavy atom. The van der Waals surface area contributed by atoms with E-state index in [1.807, 2.05) is 6.08 Å². The van der Waals surface area contributed by atoms with E-state index in [0.717, 1.165) is 25.7 Å². The number of cyclic esters (lactones) is 1. The minimum Gasteiger partial charge on any atom is -0.466 e. The first-order chi connectivity index (χ1) is 14.2. The zero-order valence-electron chi connectivity index (χ0n) is 19.9. The number of carbonyl (C=O) groups excluding carboxylic acids is 2. The number of ether oxygens (including phenoxy) is 2. The fraction of sp³-hybridized carbons (Fsp3) is 0.840. The highest BCUT2D eigenvalue weighted by Crippen LogP contribution is 2.35. The van der Waals surface area contributed by atoms with Crippen molar-refractivity contribution in [2.24, 2.45) is 17.8 Å². The smallest absolute Gasteiger partial charge is 0.334 e. The van der Waals surface area contributed by atoms with E-state index in [4.69, 9.17) is 9.47 Å². The lowest BCUT2D eigenvalue weighted by atomic mass is 9.82. The zero-order valence-corrected chi connectivity index (χ0v) is 19.9. The van der Waals surface area contributed by atoms with Crippen LogP contribution in [-0.4, -0.2) is 35.9 Å². The van der Waals surface area contributed by atoms with Gasteiger partial charge in [-0.3, -0.25) is 4.79 Å². The predicted molar refractivity (Wildman–Crippen MR) is 120 cm³/mol. The van der Waals surface area contributed by atoms with Crippen molar-refractivity contribution in [3.05, 3.63) is 11.6 Å². The third-order valence-electron chi connectivity index (χ3n) is 6.20. The normalized spacial score (nSPS) is 20.6. The Bertz CT molecular complexity index is 544. The van der Waals surface area contributed by atoms with Gasteiger partial charge in [-0.2, -0.15) is 0 Å². The molecule has 0 bridgehead atoms. The summed E-state index contributed by atoms with van der Waals surface area (Å²) in [6.07, 6.45) is 11.0. The molecule has 1 unspecified atom stereocenters. The van der Waals surface area contributed by atoms with Crippen LogP contribution < -0.4 is 0 Å². The third-order valence-corrected chi connectivity index (χ3v) is 6.20. The minimum absolute atomic E-state index is 0.0964. The van der Waals surface area contributed by atoms with Crippen molar-refractivity contribution in [2.75, 3.05) is 13.2 Å². The molecule has 1 rings (SSSR count). The number of carbonyl (C=O) groups is 2. The van der Waals surface area contributed by atoms with Crippen molar-refractivity contribution in [1.82, 2.24) is 0 Å². The van der Waals surface area contributed by atoms with E-state index < -0.39 is 17.5 Å². The molecule has 0 saturated carbocycles. The van der Waals surface area contributed by atoms with Crippen LogP contribution in [-0.2, 0) is 19.1 Å². The number of esters is 2. The lowest BCUT2D eigenvalue weighted by Gasteiger charge is -2.24. The van der Waals surface area contributed by atoms with Crippen LogP contribution in [0.5, 0.6) is 0 Å². The summed E-state index contributed by atoms with van der Waals surface area (Å²) in [6.45, 7) is 11.0. The second-order valence-corrected chi connectivity index (χ2v) is 9.54. The largest absolute Gasteiger partial charge is 0.466 e. The van der Waals surface area contributed by atoms with E-state index in [0.29, 0.717) is 29.9 Å². The molecule has 1 aliphatic rings. The van der Waals surface area contributed by atoms with Crippen LogP contribution in [0.4, 0.5) is 0 Å². The number of unbranched alkanes of at least 4 members (excludes halogenated alkanes) is 6. The van der Waals surface area contributed by atoms with Crippen molar-refractivity contribution in [1.29, 1.82) is 0 Å². The molecule has 1 fully saturated rings. The molecular formula is C25H44O5. The van der Waals surface area contributed by atoms with Crippen molar-refractivity contribution in [3.63, 3.8) is 0 Å². The Balaban J connectivity index is 2.47. The van der Waals surface area contributed by atoms with E-state index in [2.05, 4.69) is 34.6 Å². The zero-order chi connectivity index (χ0) is 22.6. The summed E-state index contributed by atoms with van der Waals surface area (Å²) < 4.78 is 10.8. The van der Waals surface area contributed by atoms with Crippen LogP contribution in [0.15, 0.2) is 11.6 Å². The van der Waals surface area contributed by atoms with Crippen molar-refractivity contribution >= 4 is 11.9 Å². The van der Waals surface area contributed by atoms with E-state index in [9.17, 15) is 14.7 Å². The highest BCUT2D eigenvalue weighted by molar-refractivity contribution is 5.92. The maximum atomic E-state index is 12.3. The van der Waals surface area contributed by atoms with Gasteiger partial charge in [-0.15, -0.1) is 0 Å². The summed E-state index contributed by atoms with van der Waals surface area (Å²) in [5.74, 6) is 0.676. The molecule has 1 saturated heterocycles. The summed E-state index contributed by atoms with van der Waals surface area (Å²) in [7, 11) is 0. The van der Waals surface area contributed by atoms with E-state index >= 15 is 0 Å². The Morgan fingerprint density at radius 1 is 1.10 bits per heavy atom. The number of aliphatic hydroxyl groups excluding tert-OH is 1. The fourth-order valence-corrected chi connectivity index (χ4v) is 4.27. The highest BCUT2D eigenvalue weighted by Gasteiger charge is 2.45. The maximum Gasteiger partial charge on any atom is 0.334 e. The monoisotopic (exact) mass is 424 g/mol. The van der Waals surface area contributed by atoms with Gasteiger partial charge in [-0.1, -0.05) is 79.2 Å². The van der Waals surface area contributed by atoms with Crippen LogP contribution in [0.25, 0.3) is 0 Å². The molecule has 1 aliphatic heterocycles. The standard InChI is InChI=1S/C25H44O5/c1-6-7-8-9-10-11-12-15-29-23(27)17-25(18-26)16-21(24(28)30-25)13-14-22(19(2)3)20(4)5/h13,19-20,22,26H,6-12,14-18H2,1-5H3/b21-13-. The quantitative estimate of drug-likeness (QED) is 0.211. The van der Waals surface area contributed by atoms with Crippen LogP contribution in [0.2, 0.25) is 0 Å². The number of hydrogen-bond donors (Lipinski definition) is 1. The molecular weight excluding hydrogens is 380 g/mol. The summed E-state index contributed by atoms with van der Waals surface area (Å²) >= 11 is 0. The van der Waals surface area contributed by atoms with Gasteiger partial charge in [-0.05, 0) is 30.6 Å². The molecule has 1 N–H and O–H groups in total. The molecule has 0 amide bonds. The molecule has 1 heterocycles. The molecule has 30 heavy (non-hydrogen) atoms.